The predicted molar refractivity (Wildman–Crippen MR) is 425 cm³/mol. The van der Waals surface area contributed by atoms with E-state index in [4.69, 9.17) is 37.0 Å². The zero-order valence-corrected chi connectivity index (χ0v) is 69.7. The molecule has 20 nitrogen and oxygen atoms in total. The highest BCUT2D eigenvalue weighted by Gasteiger charge is 2.28. The molecule has 0 rings (SSSR count). The van der Waals surface area contributed by atoms with E-state index >= 15 is 0 Å². The van der Waals surface area contributed by atoms with E-state index < -0.39 is 90.0 Å². The number of carbonyl (C=O) groups excluding carboxylic acids is 4. The number of rotatable bonds is 83. The van der Waals surface area contributed by atoms with Crippen molar-refractivity contribution in [2.75, 3.05) is 64.2 Å². The summed E-state index contributed by atoms with van der Waals surface area (Å²) < 4.78 is 68.4. The summed E-state index contributed by atoms with van der Waals surface area (Å²) in [6, 6.07) is 0. The molecule has 0 bridgehead atoms. The molecule has 104 heavy (non-hydrogen) atoms. The van der Waals surface area contributed by atoms with Crippen LogP contribution in [0.1, 0.15) is 400 Å². The Bertz CT molecular complexity index is 2130. The molecule has 0 aliphatic heterocycles. The standard InChI is InChI=1S/C80H154N2O18P2S2/c1-5-9-13-17-21-25-29-31-33-35-39-42-46-50-54-58-78(86)94-70-74(100-80(88)60-56-52-48-44-40-36-34-32-30-26-22-18-14-10-6-2)72-98-102(91,92)96-66-64-82-76(84)62-68-104-103-67-61-75(83)81-63-65-95-101(89,90)97-71-73(99-79(87)59-55-51-47-43-38-28-24-20-16-12-8-4)69-93-77(85)57-53-49-45-41-37-27-23-19-15-11-7-3/h73-74H,5-72H2,1-4H3,(H,81,83)(H,82,84)(H,89,90)(H,91,92)/p-2/t73-,74-/m1/s1. The van der Waals surface area contributed by atoms with E-state index in [1.54, 1.807) is 0 Å². The third-order valence-corrected chi connectivity index (χ3v) is 22.8. The number of phosphoric acid groups is 2. The van der Waals surface area contributed by atoms with Crippen molar-refractivity contribution in [1.29, 1.82) is 0 Å². The van der Waals surface area contributed by atoms with Crippen LogP contribution in [-0.2, 0) is 65.4 Å². The highest BCUT2D eigenvalue weighted by molar-refractivity contribution is 8.76. The summed E-state index contributed by atoms with van der Waals surface area (Å²) in [5.41, 5.74) is 0. The highest BCUT2D eigenvalue weighted by atomic mass is 33.1. The van der Waals surface area contributed by atoms with Gasteiger partial charge in [-0.1, -0.05) is 357 Å². The maximum absolute atomic E-state index is 13.0. The Morgan fingerprint density at radius 1 is 0.308 bits per heavy atom. The summed E-state index contributed by atoms with van der Waals surface area (Å²) in [5, 5.41) is 25.0. The van der Waals surface area contributed by atoms with Crippen LogP contribution < -0.4 is 10.2 Å². The fraction of sp³-hybridized carbons (Fsp3) is 0.925. The van der Waals surface area contributed by atoms with Crippen molar-refractivity contribution < 1.29 is 85.4 Å². The van der Waals surface area contributed by atoms with E-state index in [1.165, 1.54) is 253 Å². The van der Waals surface area contributed by atoms with E-state index in [-0.39, 0.29) is 64.8 Å². The van der Waals surface area contributed by atoms with E-state index in [0.29, 0.717) is 37.2 Å². The Morgan fingerprint density at radius 3 is 0.750 bits per heavy atom. The Hall–Kier alpha value is -2.26. The third kappa shape index (κ3) is 76.5. The number of unbranched alkanes of at least 4 members (excludes halogenated alkanes) is 48. The van der Waals surface area contributed by atoms with Crippen molar-refractivity contribution in [2.24, 2.45) is 9.98 Å². The fourth-order valence-corrected chi connectivity index (χ4v) is 15.4. The number of hydrogen-bond donors (Lipinski definition) is 2. The van der Waals surface area contributed by atoms with Gasteiger partial charge in [-0.2, -0.15) is 0 Å². The van der Waals surface area contributed by atoms with Gasteiger partial charge in [0, 0.05) is 37.2 Å². The smallest absolute Gasteiger partial charge is 0.472 e. The lowest BCUT2D eigenvalue weighted by Gasteiger charge is -2.20. The molecule has 0 aliphatic carbocycles. The third-order valence-electron chi connectivity index (χ3n) is 18.4. The summed E-state index contributed by atoms with van der Waals surface area (Å²) in [7, 11) is -6.69. The maximum atomic E-state index is 13.0. The molecule has 0 fully saturated rings. The van der Waals surface area contributed by atoms with Gasteiger partial charge in [0.2, 0.25) is 0 Å². The molecule has 0 aromatic heterocycles. The molecule has 0 radical (unpaired) electrons. The summed E-state index contributed by atoms with van der Waals surface area (Å²) in [5.74, 6) is -2.12. The second-order valence-electron chi connectivity index (χ2n) is 28.5. The first-order valence-corrected chi connectivity index (χ1v) is 47.6. The molecule has 614 valence electrons. The lowest BCUT2D eigenvalue weighted by molar-refractivity contribution is -0.219. The maximum Gasteiger partial charge on any atom is 0.472 e. The Balaban J connectivity index is 4.92. The number of hydrogen-bond acceptors (Lipinski definition) is 20. The summed E-state index contributed by atoms with van der Waals surface area (Å²) >= 11 is 0. The average Bonchev–Trinajstić information content (AvgIpc) is 0.943. The average molecular weight is 1560 g/mol. The van der Waals surface area contributed by atoms with Gasteiger partial charge in [0.15, 0.2) is 12.2 Å². The molecule has 2 N–H and O–H groups in total. The molecule has 4 atom stereocenters. The molecule has 0 spiro atoms. The zero-order chi connectivity index (χ0) is 76.2. The monoisotopic (exact) mass is 1550 g/mol. The lowest BCUT2D eigenvalue weighted by atomic mass is 10.0. The second-order valence-corrected chi connectivity index (χ2v) is 34.1. The van der Waals surface area contributed by atoms with Crippen molar-refractivity contribution in [3.05, 3.63) is 0 Å². The van der Waals surface area contributed by atoms with Crippen LogP contribution in [0.3, 0.4) is 0 Å². The Kier molecular flexibility index (Phi) is 75.8. The molecule has 0 aromatic carbocycles. The highest BCUT2D eigenvalue weighted by Crippen LogP contribution is 2.44. The predicted octanol–water partition coefficient (Wildman–Crippen LogP) is 21.8. The van der Waals surface area contributed by atoms with Gasteiger partial charge in [0.05, 0.1) is 39.5 Å². The van der Waals surface area contributed by atoms with Crippen molar-refractivity contribution in [3.8, 4) is 0 Å². The van der Waals surface area contributed by atoms with Gasteiger partial charge < -0.3 is 48.9 Å². The normalized spacial score (nSPS) is 13.8. The molecule has 0 aliphatic rings. The largest absolute Gasteiger partial charge is 0.862 e. The minimum atomic E-state index is -4.70. The molecule has 24 heteroatoms. The molecule has 0 amide bonds. The van der Waals surface area contributed by atoms with Gasteiger partial charge in [0.1, 0.15) is 13.2 Å². The Morgan fingerprint density at radius 2 is 0.519 bits per heavy atom. The molecule has 0 saturated carbocycles. The molecule has 2 unspecified atom stereocenters. The fourth-order valence-electron chi connectivity index (χ4n) is 12.0. The quantitative estimate of drug-likeness (QED) is 0.0109. The topological polar surface area (TPSA) is 288 Å². The Labute approximate surface area is 641 Å². The van der Waals surface area contributed by atoms with Crippen molar-refractivity contribution in [1.82, 2.24) is 0 Å². The number of nitrogens with zero attached hydrogens (tertiary/aromatic N) is 2. The zero-order valence-electron chi connectivity index (χ0n) is 66.3. The minimum Gasteiger partial charge on any atom is -0.862 e. The minimum absolute atomic E-state index is 0.0571. The van der Waals surface area contributed by atoms with Crippen LogP contribution in [0.2, 0.25) is 0 Å². The number of phosphoric ester groups is 2. The van der Waals surface area contributed by atoms with E-state index in [9.17, 15) is 48.3 Å². The first-order chi connectivity index (χ1) is 50.6. The molecule has 0 heterocycles. The van der Waals surface area contributed by atoms with Crippen LogP contribution in [0.5, 0.6) is 0 Å². The SMILES string of the molecule is CCCCCCCCCCCCCCCCCC(=O)OC[C@H](COP(=O)(O)OCCN=C([O-])CCSSCCC([O-])=NCCOP(=O)(O)OC[C@@H](COC(=O)CCCCCCCCCCCCC)OC(=O)CCCCCCCCCCCCC)OC(=O)CCCCCCCCCCCCCCCCC. The molecular weight excluding hydrogens is 1400 g/mol. The van der Waals surface area contributed by atoms with E-state index in [2.05, 4.69) is 37.7 Å². The van der Waals surface area contributed by atoms with Gasteiger partial charge in [0.25, 0.3) is 0 Å². The van der Waals surface area contributed by atoms with Gasteiger partial charge in [-0.15, -0.1) is 0 Å². The van der Waals surface area contributed by atoms with Crippen LogP contribution in [0.4, 0.5) is 0 Å². The molecular formula is C80H152N2O18P2S2-2. The first kappa shape index (κ1) is 102. The molecule has 0 saturated heterocycles. The number of ether oxygens (including phenoxy) is 4. The second kappa shape index (κ2) is 77.5. The first-order valence-electron chi connectivity index (χ1n) is 42.1. The van der Waals surface area contributed by atoms with Crippen molar-refractivity contribution in [3.63, 3.8) is 0 Å². The van der Waals surface area contributed by atoms with Crippen LogP contribution in [0.15, 0.2) is 9.98 Å². The van der Waals surface area contributed by atoms with Gasteiger partial charge in [-0.3, -0.25) is 37.3 Å². The number of aliphatic imine (C=N–C) groups is 2. The van der Waals surface area contributed by atoms with Crippen LogP contribution in [-0.4, -0.2) is 122 Å². The number of carbonyl (C=O) groups is 4. The lowest BCUT2D eigenvalue weighted by Crippen LogP contribution is -2.29. The van der Waals surface area contributed by atoms with E-state index in [1.807, 2.05) is 0 Å². The summed E-state index contributed by atoms with van der Waals surface area (Å²) in [4.78, 5) is 80.0. The van der Waals surface area contributed by atoms with Crippen LogP contribution in [0.25, 0.3) is 0 Å². The molecule has 0 aromatic rings. The summed E-state index contributed by atoms with van der Waals surface area (Å²) in [6.07, 6.45) is 59.6. The summed E-state index contributed by atoms with van der Waals surface area (Å²) in [6.45, 7) is 5.86. The van der Waals surface area contributed by atoms with Gasteiger partial charge in [-0.25, -0.2) is 9.13 Å². The van der Waals surface area contributed by atoms with Gasteiger partial charge >= 0.3 is 39.5 Å². The van der Waals surface area contributed by atoms with Crippen LogP contribution in [0, 0.1) is 0 Å². The van der Waals surface area contributed by atoms with Gasteiger partial charge in [-0.05, 0) is 50.3 Å². The van der Waals surface area contributed by atoms with Crippen molar-refractivity contribution >= 4 is 72.9 Å². The van der Waals surface area contributed by atoms with E-state index in [0.717, 1.165) is 77.0 Å². The van der Waals surface area contributed by atoms with Crippen molar-refractivity contribution in [2.45, 2.75) is 412 Å². The van der Waals surface area contributed by atoms with Crippen LogP contribution >= 0.6 is 37.2 Å². The number of esters is 4.